The molecule has 0 aliphatic carbocycles. The van der Waals surface area contributed by atoms with Crippen molar-refractivity contribution in [3.05, 3.63) is 24.0 Å². The Kier molecular flexibility index (Phi) is 3.80. The van der Waals surface area contributed by atoms with Crippen LogP contribution in [0.25, 0.3) is 0 Å². The van der Waals surface area contributed by atoms with Gasteiger partial charge in [0, 0.05) is 4.90 Å². The van der Waals surface area contributed by atoms with Gasteiger partial charge in [-0.15, -0.1) is 12.6 Å². The number of carbonyl (C=O) groups excluding carboxylic acids is 1. The van der Waals surface area contributed by atoms with E-state index in [0.29, 0.717) is 10.6 Å². The molecule has 16 heavy (non-hydrogen) atoms. The SMILES string of the molecule is CC(C)(C)OC(=O)Nc1ccc(F)cc1S. The number of halogens is 1. The highest BCUT2D eigenvalue weighted by Crippen LogP contribution is 2.21. The van der Waals surface area contributed by atoms with Crippen LogP contribution in [0.4, 0.5) is 14.9 Å². The molecule has 0 radical (unpaired) electrons. The Bertz CT molecular complexity index is 401. The molecule has 88 valence electrons. The lowest BCUT2D eigenvalue weighted by Gasteiger charge is -2.20. The Morgan fingerprint density at radius 1 is 1.44 bits per heavy atom. The van der Waals surface area contributed by atoms with Crippen molar-refractivity contribution >= 4 is 24.4 Å². The number of nitrogens with one attached hydrogen (secondary N) is 1. The van der Waals surface area contributed by atoms with Crippen LogP contribution in [0.2, 0.25) is 0 Å². The van der Waals surface area contributed by atoms with E-state index in [1.54, 1.807) is 20.8 Å². The maximum atomic E-state index is 12.8. The summed E-state index contributed by atoms with van der Waals surface area (Å²) in [7, 11) is 0. The van der Waals surface area contributed by atoms with Gasteiger partial charge >= 0.3 is 6.09 Å². The van der Waals surface area contributed by atoms with Crippen molar-refractivity contribution in [3.63, 3.8) is 0 Å². The van der Waals surface area contributed by atoms with Crippen LogP contribution in [-0.4, -0.2) is 11.7 Å². The average Bonchev–Trinajstić information content (AvgIpc) is 2.06. The Morgan fingerprint density at radius 2 is 2.06 bits per heavy atom. The predicted octanol–water partition coefficient (Wildman–Crippen LogP) is 3.46. The smallest absolute Gasteiger partial charge is 0.412 e. The first-order valence-electron chi connectivity index (χ1n) is 4.76. The van der Waals surface area contributed by atoms with E-state index in [9.17, 15) is 9.18 Å². The van der Waals surface area contributed by atoms with Crippen molar-refractivity contribution in [2.75, 3.05) is 5.32 Å². The third-order valence-electron chi connectivity index (χ3n) is 1.60. The average molecular weight is 243 g/mol. The fraction of sp³-hybridized carbons (Fsp3) is 0.364. The molecule has 1 aromatic carbocycles. The van der Waals surface area contributed by atoms with Crippen molar-refractivity contribution in [1.29, 1.82) is 0 Å². The Hall–Kier alpha value is -1.23. The van der Waals surface area contributed by atoms with E-state index in [1.165, 1.54) is 18.2 Å². The summed E-state index contributed by atoms with van der Waals surface area (Å²) < 4.78 is 17.8. The molecule has 0 spiro atoms. The largest absolute Gasteiger partial charge is 0.444 e. The monoisotopic (exact) mass is 243 g/mol. The molecule has 0 fully saturated rings. The zero-order valence-corrected chi connectivity index (χ0v) is 10.3. The van der Waals surface area contributed by atoms with E-state index < -0.39 is 17.5 Å². The summed E-state index contributed by atoms with van der Waals surface area (Å²) in [6.45, 7) is 5.29. The Balaban J connectivity index is 2.70. The van der Waals surface area contributed by atoms with E-state index in [4.69, 9.17) is 4.74 Å². The summed E-state index contributed by atoms with van der Waals surface area (Å²) in [6, 6.07) is 3.89. The number of hydrogen-bond donors (Lipinski definition) is 2. The van der Waals surface area contributed by atoms with Crippen molar-refractivity contribution in [2.24, 2.45) is 0 Å². The lowest BCUT2D eigenvalue weighted by atomic mass is 10.2. The Morgan fingerprint density at radius 3 is 2.56 bits per heavy atom. The molecule has 1 N–H and O–H groups in total. The molecule has 0 aliphatic heterocycles. The van der Waals surface area contributed by atoms with Gasteiger partial charge < -0.3 is 4.74 Å². The second kappa shape index (κ2) is 4.74. The van der Waals surface area contributed by atoms with Crippen LogP contribution in [0.5, 0.6) is 0 Å². The number of amides is 1. The molecule has 1 rings (SSSR count). The molecule has 0 saturated heterocycles. The second-order valence-electron chi connectivity index (χ2n) is 4.29. The molecule has 0 saturated carbocycles. The van der Waals surface area contributed by atoms with Crippen molar-refractivity contribution in [2.45, 2.75) is 31.3 Å². The minimum Gasteiger partial charge on any atom is -0.444 e. The molecule has 0 unspecified atom stereocenters. The summed E-state index contributed by atoms with van der Waals surface area (Å²) in [4.78, 5) is 11.8. The third-order valence-corrected chi connectivity index (χ3v) is 1.97. The highest BCUT2D eigenvalue weighted by atomic mass is 32.1. The highest BCUT2D eigenvalue weighted by molar-refractivity contribution is 7.80. The maximum absolute atomic E-state index is 12.8. The fourth-order valence-electron chi connectivity index (χ4n) is 1.02. The van der Waals surface area contributed by atoms with E-state index >= 15 is 0 Å². The molecule has 3 nitrogen and oxygen atoms in total. The molecule has 0 aliphatic rings. The zero-order valence-electron chi connectivity index (χ0n) is 9.37. The van der Waals surface area contributed by atoms with Crippen molar-refractivity contribution < 1.29 is 13.9 Å². The first-order chi connectivity index (χ1) is 7.28. The molecule has 5 heteroatoms. The molecule has 0 bridgehead atoms. The molecule has 0 atom stereocenters. The Labute approximate surface area is 99.4 Å². The van der Waals surface area contributed by atoms with E-state index in [2.05, 4.69) is 17.9 Å². The van der Waals surface area contributed by atoms with Crippen LogP contribution in [0.3, 0.4) is 0 Å². The van der Waals surface area contributed by atoms with Gasteiger partial charge in [0.05, 0.1) is 5.69 Å². The number of thiol groups is 1. The van der Waals surface area contributed by atoms with Crippen LogP contribution in [-0.2, 0) is 4.74 Å². The van der Waals surface area contributed by atoms with Crippen LogP contribution >= 0.6 is 12.6 Å². The van der Waals surface area contributed by atoms with Gasteiger partial charge in [-0.25, -0.2) is 9.18 Å². The number of rotatable bonds is 1. The van der Waals surface area contributed by atoms with E-state index in [1.807, 2.05) is 0 Å². The van der Waals surface area contributed by atoms with Crippen LogP contribution in [0, 0.1) is 5.82 Å². The maximum Gasteiger partial charge on any atom is 0.412 e. The number of carbonyl (C=O) groups is 1. The fourth-order valence-corrected chi connectivity index (χ4v) is 1.28. The first kappa shape index (κ1) is 12.8. The summed E-state index contributed by atoms with van der Waals surface area (Å²) in [5.74, 6) is -0.403. The lowest BCUT2D eigenvalue weighted by molar-refractivity contribution is 0.0635. The summed E-state index contributed by atoms with van der Waals surface area (Å²) >= 11 is 4.04. The van der Waals surface area contributed by atoms with E-state index in [0.717, 1.165) is 0 Å². The van der Waals surface area contributed by atoms with Crippen LogP contribution in [0.1, 0.15) is 20.8 Å². The standard InChI is InChI=1S/C11H14FNO2S/c1-11(2,3)15-10(14)13-8-5-4-7(12)6-9(8)16/h4-6,16H,1-3H3,(H,13,14). The van der Waals surface area contributed by atoms with Gasteiger partial charge in [-0.2, -0.15) is 0 Å². The minimum atomic E-state index is -0.589. The quantitative estimate of drug-likeness (QED) is 0.741. The second-order valence-corrected chi connectivity index (χ2v) is 4.77. The van der Waals surface area contributed by atoms with Gasteiger partial charge in [0.1, 0.15) is 11.4 Å². The topological polar surface area (TPSA) is 38.3 Å². The number of hydrogen-bond acceptors (Lipinski definition) is 3. The third kappa shape index (κ3) is 4.10. The minimum absolute atomic E-state index is 0.353. The molecular weight excluding hydrogens is 229 g/mol. The van der Waals surface area contributed by atoms with E-state index in [-0.39, 0.29) is 0 Å². The number of benzene rings is 1. The van der Waals surface area contributed by atoms with Crippen LogP contribution < -0.4 is 5.32 Å². The van der Waals surface area contributed by atoms with Gasteiger partial charge in [0.2, 0.25) is 0 Å². The lowest BCUT2D eigenvalue weighted by Crippen LogP contribution is -2.27. The number of ether oxygens (including phenoxy) is 1. The van der Waals surface area contributed by atoms with Gasteiger partial charge in [-0.05, 0) is 39.0 Å². The molecular formula is C11H14FNO2S. The van der Waals surface area contributed by atoms with Gasteiger partial charge in [0.25, 0.3) is 0 Å². The molecule has 1 amide bonds. The molecule has 1 aromatic rings. The zero-order chi connectivity index (χ0) is 12.3. The highest BCUT2D eigenvalue weighted by Gasteiger charge is 2.16. The summed E-state index contributed by atoms with van der Waals surface area (Å²) in [5, 5.41) is 2.49. The normalized spacial score (nSPS) is 11.1. The van der Waals surface area contributed by atoms with Gasteiger partial charge in [0.15, 0.2) is 0 Å². The summed E-state index contributed by atoms with van der Waals surface area (Å²) in [5.41, 5.74) is -0.153. The van der Waals surface area contributed by atoms with Crippen molar-refractivity contribution in [1.82, 2.24) is 0 Å². The predicted molar refractivity (Wildman–Crippen MR) is 63.5 cm³/mol. The van der Waals surface area contributed by atoms with Crippen LogP contribution in [0.15, 0.2) is 23.1 Å². The molecule has 0 heterocycles. The number of anilines is 1. The van der Waals surface area contributed by atoms with Crippen molar-refractivity contribution in [3.8, 4) is 0 Å². The summed E-state index contributed by atoms with van der Waals surface area (Å²) in [6.07, 6.45) is -0.589. The van der Waals surface area contributed by atoms with Gasteiger partial charge in [-0.3, -0.25) is 5.32 Å². The molecule has 0 aromatic heterocycles. The van der Waals surface area contributed by atoms with Gasteiger partial charge in [-0.1, -0.05) is 0 Å². The first-order valence-corrected chi connectivity index (χ1v) is 5.21.